The summed E-state index contributed by atoms with van der Waals surface area (Å²) >= 11 is 3.32. The Bertz CT molecular complexity index is 597. The molecule has 4 N–H and O–H groups in total. The molecule has 3 amide bonds. The summed E-state index contributed by atoms with van der Waals surface area (Å²) in [5.74, 6) is -0.869. The highest BCUT2D eigenvalue weighted by atomic mass is 79.9. The molecule has 0 aliphatic heterocycles. The second-order valence-electron chi connectivity index (χ2n) is 5.20. The number of benzene rings is 1. The standard InChI is InChI=1S/C16H22BrN3O5/c1-2-25-16(23)19-13(8-3-4-9-14(21)20-24)15(22)18-12-7-5-6-11(17)10-12/h5-7,10,13,24H,2-4,8-9H2,1H3,(H,18,22)(H,19,23)(H,20,21). The van der Waals surface area contributed by atoms with Gasteiger partial charge in [0, 0.05) is 16.6 Å². The van der Waals surface area contributed by atoms with Crippen LogP contribution in [0.3, 0.4) is 0 Å². The number of hydroxylamine groups is 1. The zero-order valence-corrected chi connectivity index (χ0v) is 15.5. The number of anilines is 1. The quantitative estimate of drug-likeness (QED) is 0.281. The monoisotopic (exact) mass is 415 g/mol. The first kappa shape index (κ1) is 20.9. The van der Waals surface area contributed by atoms with Crippen molar-refractivity contribution in [1.29, 1.82) is 0 Å². The number of hydrogen-bond donors (Lipinski definition) is 4. The lowest BCUT2D eigenvalue weighted by Gasteiger charge is -2.18. The van der Waals surface area contributed by atoms with Gasteiger partial charge in [-0.3, -0.25) is 14.8 Å². The SMILES string of the molecule is CCOC(=O)NC(CCCCC(=O)NO)C(=O)Nc1cccc(Br)c1. The van der Waals surface area contributed by atoms with Gasteiger partial charge >= 0.3 is 6.09 Å². The number of carbonyl (C=O) groups is 3. The lowest BCUT2D eigenvalue weighted by Crippen LogP contribution is -2.44. The number of amides is 3. The number of nitrogens with one attached hydrogen (secondary N) is 3. The van der Waals surface area contributed by atoms with Crippen LogP contribution in [0.25, 0.3) is 0 Å². The first-order chi connectivity index (χ1) is 12.0. The van der Waals surface area contributed by atoms with Crippen LogP contribution >= 0.6 is 15.9 Å². The Kier molecular flexibility index (Phi) is 9.56. The third-order valence-corrected chi connectivity index (χ3v) is 3.74. The van der Waals surface area contributed by atoms with Crippen LogP contribution in [0, 0.1) is 0 Å². The minimum absolute atomic E-state index is 0.135. The normalized spacial score (nSPS) is 11.3. The van der Waals surface area contributed by atoms with Crippen molar-refractivity contribution in [3.63, 3.8) is 0 Å². The first-order valence-corrected chi connectivity index (χ1v) is 8.68. The number of alkyl carbamates (subject to hydrolysis) is 1. The fourth-order valence-electron chi connectivity index (χ4n) is 2.07. The maximum Gasteiger partial charge on any atom is 0.407 e. The first-order valence-electron chi connectivity index (χ1n) is 7.89. The van der Waals surface area contributed by atoms with E-state index in [1.807, 2.05) is 6.07 Å². The molecule has 0 aliphatic carbocycles. The van der Waals surface area contributed by atoms with Crippen LogP contribution in [0.1, 0.15) is 32.6 Å². The highest BCUT2D eigenvalue weighted by Crippen LogP contribution is 2.16. The van der Waals surface area contributed by atoms with Gasteiger partial charge in [0.25, 0.3) is 0 Å². The molecule has 25 heavy (non-hydrogen) atoms. The number of halogens is 1. The molecule has 1 rings (SSSR count). The van der Waals surface area contributed by atoms with Gasteiger partial charge in [0.2, 0.25) is 11.8 Å². The Balaban J connectivity index is 2.63. The Morgan fingerprint density at radius 2 is 2.04 bits per heavy atom. The van der Waals surface area contributed by atoms with Crippen molar-refractivity contribution in [2.24, 2.45) is 0 Å². The smallest absolute Gasteiger partial charge is 0.407 e. The Hall–Kier alpha value is -2.13. The van der Waals surface area contributed by atoms with Gasteiger partial charge in [-0.15, -0.1) is 0 Å². The molecule has 0 aliphatic rings. The molecule has 1 unspecified atom stereocenters. The van der Waals surface area contributed by atoms with Gasteiger partial charge in [-0.2, -0.15) is 0 Å². The zero-order chi connectivity index (χ0) is 18.7. The van der Waals surface area contributed by atoms with E-state index < -0.39 is 18.0 Å². The molecule has 0 saturated carbocycles. The minimum atomic E-state index is -0.796. The van der Waals surface area contributed by atoms with Gasteiger partial charge in [-0.25, -0.2) is 10.3 Å². The van der Waals surface area contributed by atoms with Crippen LogP contribution in [0.2, 0.25) is 0 Å². The maximum absolute atomic E-state index is 12.4. The molecule has 9 heteroatoms. The van der Waals surface area contributed by atoms with E-state index in [0.29, 0.717) is 24.9 Å². The van der Waals surface area contributed by atoms with Crippen molar-refractivity contribution in [3.8, 4) is 0 Å². The molecule has 138 valence electrons. The van der Waals surface area contributed by atoms with Crippen LogP contribution in [0.4, 0.5) is 10.5 Å². The third-order valence-electron chi connectivity index (χ3n) is 3.25. The van der Waals surface area contributed by atoms with Gasteiger partial charge in [0.05, 0.1) is 6.61 Å². The topological polar surface area (TPSA) is 117 Å². The van der Waals surface area contributed by atoms with E-state index in [-0.39, 0.29) is 18.9 Å². The van der Waals surface area contributed by atoms with Crippen LogP contribution < -0.4 is 16.1 Å². The van der Waals surface area contributed by atoms with Crippen LogP contribution in [-0.4, -0.2) is 35.8 Å². The Morgan fingerprint density at radius 3 is 2.68 bits per heavy atom. The maximum atomic E-state index is 12.4. The largest absolute Gasteiger partial charge is 0.450 e. The Labute approximate surface area is 154 Å². The molecule has 0 radical (unpaired) electrons. The molecule has 0 fully saturated rings. The number of hydrogen-bond acceptors (Lipinski definition) is 5. The van der Waals surface area contributed by atoms with Gasteiger partial charge in [-0.05, 0) is 38.0 Å². The highest BCUT2D eigenvalue weighted by molar-refractivity contribution is 9.10. The summed E-state index contributed by atoms with van der Waals surface area (Å²) in [4.78, 5) is 35.1. The highest BCUT2D eigenvalue weighted by Gasteiger charge is 2.21. The fraction of sp³-hybridized carbons (Fsp3) is 0.438. The molecule has 1 aromatic carbocycles. The average Bonchev–Trinajstić information content (AvgIpc) is 2.57. The molecule has 1 atom stereocenters. The van der Waals surface area contributed by atoms with E-state index in [1.54, 1.807) is 30.6 Å². The minimum Gasteiger partial charge on any atom is -0.450 e. The number of rotatable bonds is 9. The van der Waals surface area contributed by atoms with E-state index in [2.05, 4.69) is 26.6 Å². The average molecular weight is 416 g/mol. The summed E-state index contributed by atoms with van der Waals surface area (Å²) in [6.07, 6.45) is 0.770. The van der Waals surface area contributed by atoms with Crippen LogP contribution in [-0.2, 0) is 14.3 Å². The molecular formula is C16H22BrN3O5. The molecule has 0 saturated heterocycles. The molecule has 8 nitrogen and oxygen atoms in total. The van der Waals surface area contributed by atoms with Gasteiger partial charge < -0.3 is 15.4 Å². The molecular weight excluding hydrogens is 394 g/mol. The predicted molar refractivity (Wildman–Crippen MR) is 95.1 cm³/mol. The van der Waals surface area contributed by atoms with Gasteiger partial charge in [-0.1, -0.05) is 28.4 Å². The molecule has 0 heterocycles. The van der Waals surface area contributed by atoms with Gasteiger partial charge in [0.1, 0.15) is 6.04 Å². The van der Waals surface area contributed by atoms with Crippen molar-refractivity contribution >= 4 is 39.5 Å². The fourth-order valence-corrected chi connectivity index (χ4v) is 2.47. The third kappa shape index (κ3) is 8.50. The summed E-state index contributed by atoms with van der Waals surface area (Å²) in [5, 5.41) is 13.7. The lowest BCUT2D eigenvalue weighted by molar-refractivity contribution is -0.129. The van der Waals surface area contributed by atoms with Crippen LogP contribution in [0.15, 0.2) is 28.7 Å². The summed E-state index contributed by atoms with van der Waals surface area (Å²) in [6, 6.07) is 6.29. The van der Waals surface area contributed by atoms with E-state index in [9.17, 15) is 14.4 Å². The number of unbranched alkanes of at least 4 members (excludes halogenated alkanes) is 1. The van der Waals surface area contributed by atoms with Crippen molar-refractivity contribution in [2.75, 3.05) is 11.9 Å². The van der Waals surface area contributed by atoms with Crippen molar-refractivity contribution in [3.05, 3.63) is 28.7 Å². The van der Waals surface area contributed by atoms with E-state index >= 15 is 0 Å². The van der Waals surface area contributed by atoms with E-state index in [1.165, 1.54) is 0 Å². The van der Waals surface area contributed by atoms with Crippen molar-refractivity contribution in [1.82, 2.24) is 10.8 Å². The molecule has 0 aromatic heterocycles. The molecule has 1 aromatic rings. The predicted octanol–water partition coefficient (Wildman–Crippen LogP) is 2.57. The second kappa shape index (κ2) is 11.4. The van der Waals surface area contributed by atoms with Crippen molar-refractivity contribution in [2.45, 2.75) is 38.6 Å². The van der Waals surface area contributed by atoms with E-state index in [4.69, 9.17) is 9.94 Å². The van der Waals surface area contributed by atoms with Gasteiger partial charge in [0.15, 0.2) is 0 Å². The summed E-state index contributed by atoms with van der Waals surface area (Å²) in [7, 11) is 0. The Morgan fingerprint density at radius 1 is 1.28 bits per heavy atom. The molecule has 0 bridgehead atoms. The van der Waals surface area contributed by atoms with Crippen LogP contribution in [0.5, 0.6) is 0 Å². The van der Waals surface area contributed by atoms with Crippen molar-refractivity contribution < 1.29 is 24.3 Å². The summed E-state index contributed by atoms with van der Waals surface area (Å²) in [6.45, 7) is 1.87. The van der Waals surface area contributed by atoms with E-state index in [0.717, 1.165) is 4.47 Å². The molecule has 0 spiro atoms. The zero-order valence-electron chi connectivity index (χ0n) is 13.9. The lowest BCUT2D eigenvalue weighted by atomic mass is 10.1. The second-order valence-corrected chi connectivity index (χ2v) is 6.11. The summed E-state index contributed by atoms with van der Waals surface area (Å²) < 4.78 is 5.63. The number of carbonyl (C=O) groups excluding carboxylic acids is 3. The summed E-state index contributed by atoms with van der Waals surface area (Å²) in [5.41, 5.74) is 2.14. The number of ether oxygens (including phenoxy) is 1.